The first kappa shape index (κ1) is 13.7. The Morgan fingerprint density at radius 3 is 2.62 bits per heavy atom. The Balaban J connectivity index is 1.95. The second-order valence-corrected chi connectivity index (χ2v) is 5.44. The Kier molecular flexibility index (Phi) is 7.52. The van der Waals surface area contributed by atoms with Crippen LogP contribution in [-0.4, -0.2) is 6.54 Å². The minimum Gasteiger partial charge on any atom is -0.309 e. The van der Waals surface area contributed by atoms with Gasteiger partial charge in [-0.2, -0.15) is 0 Å². The molecule has 0 radical (unpaired) electrons. The van der Waals surface area contributed by atoms with Gasteiger partial charge in [0.15, 0.2) is 0 Å². The fourth-order valence-corrected chi connectivity index (χ4v) is 2.62. The standard InChI is InChI=1S/C14H25NS/c1-3-4-5-6-7-8-11-15-13(2)14-10-9-12-16-14/h9-10,12-13,15H,3-8,11H2,1-2H3/t13-/m1/s1. The van der Waals surface area contributed by atoms with Crippen molar-refractivity contribution in [3.63, 3.8) is 0 Å². The Bertz CT molecular complexity index is 243. The van der Waals surface area contributed by atoms with E-state index in [1.807, 2.05) is 11.3 Å². The van der Waals surface area contributed by atoms with Gasteiger partial charge in [-0.05, 0) is 31.3 Å². The van der Waals surface area contributed by atoms with E-state index in [1.54, 1.807) is 0 Å². The van der Waals surface area contributed by atoms with Gasteiger partial charge in [-0.3, -0.25) is 0 Å². The summed E-state index contributed by atoms with van der Waals surface area (Å²) in [5.74, 6) is 0. The number of hydrogen-bond acceptors (Lipinski definition) is 2. The van der Waals surface area contributed by atoms with Crippen LogP contribution < -0.4 is 5.32 Å². The number of hydrogen-bond donors (Lipinski definition) is 1. The fourth-order valence-electron chi connectivity index (χ4n) is 1.86. The van der Waals surface area contributed by atoms with E-state index in [2.05, 4.69) is 36.7 Å². The zero-order valence-corrected chi connectivity index (χ0v) is 11.5. The minimum absolute atomic E-state index is 0.524. The lowest BCUT2D eigenvalue weighted by Crippen LogP contribution is -2.18. The van der Waals surface area contributed by atoms with Crippen molar-refractivity contribution < 1.29 is 0 Å². The quantitative estimate of drug-likeness (QED) is 0.613. The summed E-state index contributed by atoms with van der Waals surface area (Å²) < 4.78 is 0. The third kappa shape index (κ3) is 5.66. The second-order valence-electron chi connectivity index (χ2n) is 4.46. The molecule has 0 aromatic carbocycles. The van der Waals surface area contributed by atoms with E-state index in [9.17, 15) is 0 Å². The summed E-state index contributed by atoms with van der Waals surface area (Å²) in [6.45, 7) is 5.68. The van der Waals surface area contributed by atoms with Gasteiger partial charge in [0.2, 0.25) is 0 Å². The topological polar surface area (TPSA) is 12.0 Å². The summed E-state index contributed by atoms with van der Waals surface area (Å²) in [4.78, 5) is 1.45. The van der Waals surface area contributed by atoms with E-state index >= 15 is 0 Å². The van der Waals surface area contributed by atoms with Gasteiger partial charge in [-0.15, -0.1) is 11.3 Å². The van der Waals surface area contributed by atoms with Gasteiger partial charge in [-0.1, -0.05) is 45.1 Å². The third-order valence-electron chi connectivity index (χ3n) is 2.95. The number of thiophene rings is 1. The van der Waals surface area contributed by atoms with Crippen LogP contribution in [0.3, 0.4) is 0 Å². The fraction of sp³-hybridized carbons (Fsp3) is 0.714. The molecule has 1 heterocycles. The average Bonchev–Trinajstić information content (AvgIpc) is 2.81. The van der Waals surface area contributed by atoms with Crippen LogP contribution in [0, 0.1) is 0 Å². The molecule has 16 heavy (non-hydrogen) atoms. The summed E-state index contributed by atoms with van der Waals surface area (Å²) in [5.41, 5.74) is 0. The molecular formula is C14H25NS. The van der Waals surface area contributed by atoms with Crippen LogP contribution in [0.1, 0.15) is 63.3 Å². The molecule has 0 bridgehead atoms. The summed E-state index contributed by atoms with van der Waals surface area (Å²) in [7, 11) is 0. The van der Waals surface area contributed by atoms with E-state index in [4.69, 9.17) is 0 Å². The molecule has 92 valence electrons. The van der Waals surface area contributed by atoms with Crippen molar-refractivity contribution in [1.29, 1.82) is 0 Å². The van der Waals surface area contributed by atoms with E-state index in [0.29, 0.717) is 6.04 Å². The maximum absolute atomic E-state index is 3.59. The highest BCUT2D eigenvalue weighted by molar-refractivity contribution is 7.10. The van der Waals surface area contributed by atoms with Gasteiger partial charge >= 0.3 is 0 Å². The molecule has 0 unspecified atom stereocenters. The molecule has 1 N–H and O–H groups in total. The molecule has 1 aromatic heterocycles. The lowest BCUT2D eigenvalue weighted by atomic mass is 10.1. The first-order valence-electron chi connectivity index (χ1n) is 6.61. The molecule has 1 atom stereocenters. The van der Waals surface area contributed by atoms with Crippen LogP contribution in [0.25, 0.3) is 0 Å². The molecule has 1 nitrogen and oxygen atoms in total. The Labute approximate surface area is 104 Å². The molecular weight excluding hydrogens is 214 g/mol. The summed E-state index contributed by atoms with van der Waals surface area (Å²) >= 11 is 1.84. The molecule has 2 heteroatoms. The molecule has 0 saturated heterocycles. The predicted octanol–water partition coefficient (Wildman–Crippen LogP) is 4.76. The molecule has 0 aliphatic carbocycles. The first-order chi connectivity index (χ1) is 7.84. The molecule has 0 spiro atoms. The van der Waals surface area contributed by atoms with Gasteiger partial charge in [-0.25, -0.2) is 0 Å². The number of nitrogens with one attached hydrogen (secondary N) is 1. The second kappa shape index (κ2) is 8.77. The zero-order valence-electron chi connectivity index (χ0n) is 10.7. The zero-order chi connectivity index (χ0) is 11.6. The summed E-state index contributed by atoms with van der Waals surface area (Å²) in [6, 6.07) is 4.86. The number of unbranched alkanes of at least 4 members (excludes halogenated alkanes) is 5. The van der Waals surface area contributed by atoms with E-state index in [-0.39, 0.29) is 0 Å². The van der Waals surface area contributed by atoms with Crippen LogP contribution in [0.15, 0.2) is 17.5 Å². The maximum atomic E-state index is 3.59. The Morgan fingerprint density at radius 1 is 1.19 bits per heavy atom. The van der Waals surface area contributed by atoms with Crippen molar-refractivity contribution in [1.82, 2.24) is 5.32 Å². The Hall–Kier alpha value is -0.340. The van der Waals surface area contributed by atoms with Gasteiger partial charge in [0, 0.05) is 10.9 Å². The molecule has 0 saturated carbocycles. The van der Waals surface area contributed by atoms with Crippen LogP contribution in [0.5, 0.6) is 0 Å². The van der Waals surface area contributed by atoms with Crippen LogP contribution >= 0.6 is 11.3 Å². The number of rotatable bonds is 9. The van der Waals surface area contributed by atoms with Crippen LogP contribution in [-0.2, 0) is 0 Å². The minimum atomic E-state index is 0.524. The monoisotopic (exact) mass is 239 g/mol. The Morgan fingerprint density at radius 2 is 1.94 bits per heavy atom. The highest BCUT2D eigenvalue weighted by Gasteiger charge is 2.03. The lowest BCUT2D eigenvalue weighted by molar-refractivity contribution is 0.531. The van der Waals surface area contributed by atoms with Crippen molar-refractivity contribution >= 4 is 11.3 Å². The molecule has 0 aliphatic heterocycles. The highest BCUT2D eigenvalue weighted by Crippen LogP contribution is 2.17. The van der Waals surface area contributed by atoms with Crippen molar-refractivity contribution in [2.45, 2.75) is 58.4 Å². The van der Waals surface area contributed by atoms with E-state index < -0.39 is 0 Å². The molecule has 0 aliphatic rings. The van der Waals surface area contributed by atoms with Crippen molar-refractivity contribution in [3.8, 4) is 0 Å². The first-order valence-corrected chi connectivity index (χ1v) is 7.49. The maximum Gasteiger partial charge on any atom is 0.0386 e. The summed E-state index contributed by atoms with van der Waals surface area (Å²) in [5, 5.41) is 5.74. The lowest BCUT2D eigenvalue weighted by Gasteiger charge is -2.11. The van der Waals surface area contributed by atoms with Gasteiger partial charge in [0.05, 0.1) is 0 Å². The summed E-state index contributed by atoms with van der Waals surface area (Å²) in [6.07, 6.45) is 8.26. The SMILES string of the molecule is CCCCCCCCN[C@H](C)c1cccs1. The normalized spacial score (nSPS) is 12.9. The van der Waals surface area contributed by atoms with Gasteiger partial charge < -0.3 is 5.32 Å². The largest absolute Gasteiger partial charge is 0.309 e. The molecule has 0 amide bonds. The van der Waals surface area contributed by atoms with E-state index in [1.165, 1.54) is 43.4 Å². The van der Waals surface area contributed by atoms with Gasteiger partial charge in [0.1, 0.15) is 0 Å². The molecule has 1 aromatic rings. The highest BCUT2D eigenvalue weighted by atomic mass is 32.1. The average molecular weight is 239 g/mol. The van der Waals surface area contributed by atoms with Crippen molar-refractivity contribution in [2.24, 2.45) is 0 Å². The van der Waals surface area contributed by atoms with Crippen molar-refractivity contribution in [2.75, 3.05) is 6.54 Å². The third-order valence-corrected chi connectivity index (χ3v) is 4.01. The van der Waals surface area contributed by atoms with Crippen LogP contribution in [0.4, 0.5) is 0 Å². The van der Waals surface area contributed by atoms with Crippen LogP contribution in [0.2, 0.25) is 0 Å². The predicted molar refractivity (Wildman–Crippen MR) is 74.1 cm³/mol. The smallest absolute Gasteiger partial charge is 0.0386 e. The molecule has 1 rings (SSSR count). The van der Waals surface area contributed by atoms with Crippen molar-refractivity contribution in [3.05, 3.63) is 22.4 Å². The molecule has 0 fully saturated rings. The van der Waals surface area contributed by atoms with E-state index in [0.717, 1.165) is 6.54 Å². The van der Waals surface area contributed by atoms with Gasteiger partial charge in [0.25, 0.3) is 0 Å².